The molecule has 2 amide bonds. The Labute approximate surface area is 127 Å². The molecule has 1 unspecified atom stereocenters. The van der Waals surface area contributed by atoms with Crippen molar-refractivity contribution in [1.82, 2.24) is 5.32 Å². The van der Waals surface area contributed by atoms with Gasteiger partial charge in [-0.15, -0.1) is 0 Å². The van der Waals surface area contributed by atoms with Crippen LogP contribution in [0.4, 0.5) is 5.69 Å². The van der Waals surface area contributed by atoms with E-state index in [0.717, 1.165) is 4.90 Å². The number of amides is 2. The van der Waals surface area contributed by atoms with Crippen molar-refractivity contribution < 1.29 is 19.1 Å². The number of anilines is 1. The second kappa shape index (κ2) is 6.24. The van der Waals surface area contributed by atoms with Crippen LogP contribution in [0.15, 0.2) is 18.2 Å². The van der Waals surface area contributed by atoms with Gasteiger partial charge in [0.05, 0.1) is 17.9 Å². The minimum atomic E-state index is -0.721. The zero-order chi connectivity index (χ0) is 15.6. The summed E-state index contributed by atoms with van der Waals surface area (Å²) in [5.74, 6) is -1.73. The lowest BCUT2D eigenvalue weighted by Gasteiger charge is -2.18. The van der Waals surface area contributed by atoms with E-state index in [0.29, 0.717) is 17.3 Å². The molecule has 0 radical (unpaired) electrons. The Morgan fingerprint density at radius 1 is 1.43 bits per heavy atom. The maximum Gasteiger partial charge on any atom is 0.299 e. The molecule has 21 heavy (non-hydrogen) atoms. The Morgan fingerprint density at radius 3 is 2.81 bits per heavy atom. The van der Waals surface area contributed by atoms with E-state index in [2.05, 4.69) is 5.32 Å². The van der Waals surface area contributed by atoms with Crippen molar-refractivity contribution >= 4 is 34.9 Å². The second-order valence-corrected chi connectivity index (χ2v) is 5.24. The van der Waals surface area contributed by atoms with Gasteiger partial charge >= 0.3 is 0 Å². The number of Topliss-reactive ketones (excluding diaryl/α,β-unsaturated/α-hetero) is 1. The smallest absolute Gasteiger partial charge is 0.299 e. The maximum absolute atomic E-state index is 11.9. The second-order valence-electron chi connectivity index (χ2n) is 4.81. The van der Waals surface area contributed by atoms with Crippen LogP contribution in [0.1, 0.15) is 17.3 Å². The highest BCUT2D eigenvalue weighted by molar-refractivity contribution is 6.53. The third kappa shape index (κ3) is 3.22. The van der Waals surface area contributed by atoms with Crippen LogP contribution in [0.2, 0.25) is 5.02 Å². The third-order valence-electron chi connectivity index (χ3n) is 3.06. The molecule has 1 heterocycles. The predicted molar refractivity (Wildman–Crippen MR) is 77.6 cm³/mol. The van der Waals surface area contributed by atoms with Gasteiger partial charge in [-0.25, -0.2) is 0 Å². The summed E-state index contributed by atoms with van der Waals surface area (Å²) in [5.41, 5.74) is 0.634. The van der Waals surface area contributed by atoms with Crippen molar-refractivity contribution in [1.29, 1.82) is 0 Å². The first-order valence-electron chi connectivity index (χ1n) is 6.38. The van der Waals surface area contributed by atoms with Gasteiger partial charge in [0.15, 0.2) is 0 Å². The topological polar surface area (TPSA) is 75.7 Å². The van der Waals surface area contributed by atoms with E-state index in [-0.39, 0.29) is 24.1 Å². The van der Waals surface area contributed by atoms with Crippen molar-refractivity contribution in [2.24, 2.45) is 0 Å². The molecule has 112 valence electrons. The monoisotopic (exact) mass is 310 g/mol. The fourth-order valence-electron chi connectivity index (χ4n) is 2.19. The zero-order valence-electron chi connectivity index (χ0n) is 11.7. The molecule has 1 aliphatic heterocycles. The van der Waals surface area contributed by atoms with E-state index in [1.165, 1.54) is 13.2 Å². The average Bonchev–Trinajstić information content (AvgIpc) is 2.64. The molecule has 1 N–H and O–H groups in total. The number of methoxy groups -OCH3 is 1. The molecule has 0 aromatic heterocycles. The Bertz CT molecular complexity index is 603. The molecule has 0 fully saturated rings. The Hall–Kier alpha value is -1.92. The van der Waals surface area contributed by atoms with Gasteiger partial charge in [0.1, 0.15) is 6.54 Å². The standard InChI is InChI=1S/C14H15ClN2O4/c1-8(7-21-2)16-12(18)6-17-11-4-3-9(15)5-10(11)13(19)14(17)20/h3-5,8H,6-7H2,1-2H3,(H,16,18). The van der Waals surface area contributed by atoms with Gasteiger partial charge in [-0.1, -0.05) is 11.6 Å². The van der Waals surface area contributed by atoms with Gasteiger partial charge in [-0.2, -0.15) is 0 Å². The minimum absolute atomic E-state index is 0.180. The molecule has 0 aliphatic carbocycles. The zero-order valence-corrected chi connectivity index (χ0v) is 12.4. The largest absolute Gasteiger partial charge is 0.383 e. The van der Waals surface area contributed by atoms with Crippen LogP contribution >= 0.6 is 11.6 Å². The molecule has 7 heteroatoms. The Morgan fingerprint density at radius 2 is 2.14 bits per heavy atom. The van der Waals surface area contributed by atoms with E-state index < -0.39 is 11.7 Å². The van der Waals surface area contributed by atoms with Crippen molar-refractivity contribution in [3.63, 3.8) is 0 Å². The number of hydrogen-bond donors (Lipinski definition) is 1. The number of nitrogens with one attached hydrogen (secondary N) is 1. The van der Waals surface area contributed by atoms with E-state index in [9.17, 15) is 14.4 Å². The third-order valence-corrected chi connectivity index (χ3v) is 3.29. The molecule has 0 bridgehead atoms. The fourth-order valence-corrected chi connectivity index (χ4v) is 2.36. The summed E-state index contributed by atoms with van der Waals surface area (Å²) in [5, 5.41) is 3.06. The van der Waals surface area contributed by atoms with Gasteiger partial charge in [0.25, 0.3) is 11.7 Å². The van der Waals surface area contributed by atoms with Gasteiger partial charge in [0.2, 0.25) is 5.91 Å². The summed E-state index contributed by atoms with van der Waals surface area (Å²) in [6.07, 6.45) is 0. The highest BCUT2D eigenvalue weighted by Crippen LogP contribution is 2.30. The van der Waals surface area contributed by atoms with E-state index in [1.807, 2.05) is 0 Å². The van der Waals surface area contributed by atoms with Gasteiger partial charge < -0.3 is 10.1 Å². The van der Waals surface area contributed by atoms with Crippen molar-refractivity contribution in [3.05, 3.63) is 28.8 Å². The number of benzene rings is 1. The van der Waals surface area contributed by atoms with Crippen molar-refractivity contribution in [2.75, 3.05) is 25.2 Å². The maximum atomic E-state index is 11.9. The molecular formula is C14H15ClN2O4. The van der Waals surface area contributed by atoms with Gasteiger partial charge in [0, 0.05) is 18.2 Å². The number of carbonyl (C=O) groups is 3. The number of rotatable bonds is 5. The summed E-state index contributed by atoms with van der Waals surface area (Å²) in [6.45, 7) is 1.93. The van der Waals surface area contributed by atoms with Crippen LogP contribution in [0.5, 0.6) is 0 Å². The summed E-state index contributed by atoms with van der Waals surface area (Å²) in [4.78, 5) is 36.9. The highest BCUT2D eigenvalue weighted by atomic mass is 35.5. The quantitative estimate of drug-likeness (QED) is 0.824. The summed E-state index contributed by atoms with van der Waals surface area (Å²) < 4.78 is 4.92. The number of ketones is 1. The normalized spacial score (nSPS) is 15.1. The molecule has 0 spiro atoms. The van der Waals surface area contributed by atoms with Crippen molar-refractivity contribution in [3.8, 4) is 0 Å². The average molecular weight is 311 g/mol. The highest BCUT2D eigenvalue weighted by Gasteiger charge is 2.36. The number of halogens is 1. The Kier molecular flexibility index (Phi) is 4.59. The number of fused-ring (bicyclic) bond motifs is 1. The Balaban J connectivity index is 2.13. The molecule has 1 atom stereocenters. The lowest BCUT2D eigenvalue weighted by molar-refractivity contribution is -0.122. The van der Waals surface area contributed by atoms with Crippen LogP contribution in [0, 0.1) is 0 Å². The molecule has 2 rings (SSSR count). The summed E-state index contributed by atoms with van der Waals surface area (Å²) in [6, 6.07) is 4.39. The predicted octanol–water partition coefficient (Wildman–Crippen LogP) is 1.02. The van der Waals surface area contributed by atoms with Crippen LogP contribution in [0.25, 0.3) is 0 Å². The van der Waals surface area contributed by atoms with E-state index in [1.54, 1.807) is 19.1 Å². The molecule has 1 aromatic carbocycles. The summed E-state index contributed by atoms with van der Waals surface area (Å²) in [7, 11) is 1.53. The molecule has 0 saturated heterocycles. The van der Waals surface area contributed by atoms with E-state index >= 15 is 0 Å². The van der Waals surface area contributed by atoms with E-state index in [4.69, 9.17) is 16.3 Å². The number of nitrogens with zero attached hydrogens (tertiary/aromatic N) is 1. The SMILES string of the molecule is COCC(C)NC(=O)CN1C(=O)C(=O)c2cc(Cl)ccc21. The molecule has 0 saturated carbocycles. The molecule has 1 aliphatic rings. The summed E-state index contributed by atoms with van der Waals surface area (Å²) >= 11 is 5.82. The number of carbonyl (C=O) groups excluding carboxylic acids is 3. The fraction of sp³-hybridized carbons (Fsp3) is 0.357. The first-order valence-corrected chi connectivity index (χ1v) is 6.76. The van der Waals surface area contributed by atoms with Gasteiger partial charge in [-0.05, 0) is 25.1 Å². The molecule has 1 aromatic rings. The van der Waals surface area contributed by atoms with Crippen LogP contribution in [-0.2, 0) is 14.3 Å². The van der Waals surface area contributed by atoms with Crippen molar-refractivity contribution in [2.45, 2.75) is 13.0 Å². The number of hydrogen-bond acceptors (Lipinski definition) is 4. The van der Waals surface area contributed by atoms with Crippen LogP contribution in [-0.4, -0.2) is 43.9 Å². The lowest BCUT2D eigenvalue weighted by atomic mass is 10.1. The molecular weight excluding hydrogens is 296 g/mol. The number of ether oxygens (including phenoxy) is 1. The van der Waals surface area contributed by atoms with Gasteiger partial charge in [-0.3, -0.25) is 19.3 Å². The van der Waals surface area contributed by atoms with Crippen LogP contribution in [0.3, 0.4) is 0 Å². The van der Waals surface area contributed by atoms with Crippen LogP contribution < -0.4 is 10.2 Å². The first kappa shape index (κ1) is 15.5. The minimum Gasteiger partial charge on any atom is -0.383 e. The molecule has 6 nitrogen and oxygen atoms in total. The first-order chi connectivity index (χ1) is 9.93. The lowest BCUT2D eigenvalue weighted by Crippen LogP contribution is -2.44.